The minimum absolute atomic E-state index is 0.00977. The Morgan fingerprint density at radius 3 is 2.70 bits per heavy atom. The van der Waals surface area contributed by atoms with Crippen LogP contribution in [0.25, 0.3) is 0 Å². The monoisotopic (exact) mass is 276 g/mol. The van der Waals surface area contributed by atoms with Crippen LogP contribution in [-0.4, -0.2) is 18.2 Å². The molecule has 0 heterocycles. The van der Waals surface area contributed by atoms with Gasteiger partial charge in [-0.15, -0.1) is 0 Å². The number of ether oxygens (including phenoxy) is 2. The second kappa shape index (κ2) is 6.78. The molecule has 20 heavy (non-hydrogen) atoms. The predicted molar refractivity (Wildman–Crippen MR) is 79.0 cm³/mol. The molecule has 0 aromatic heterocycles. The van der Waals surface area contributed by atoms with E-state index in [0.717, 1.165) is 25.0 Å². The van der Waals surface area contributed by atoms with E-state index in [2.05, 4.69) is 12.1 Å². The number of benzene rings is 1. The molecule has 0 saturated heterocycles. The minimum Gasteiger partial charge on any atom is -0.491 e. The molecule has 1 aromatic rings. The van der Waals surface area contributed by atoms with Gasteiger partial charge in [0, 0.05) is 12.8 Å². The van der Waals surface area contributed by atoms with Gasteiger partial charge < -0.3 is 9.47 Å². The van der Waals surface area contributed by atoms with Gasteiger partial charge in [0.1, 0.15) is 11.9 Å². The summed E-state index contributed by atoms with van der Waals surface area (Å²) in [6.07, 6.45) is 4.54. The summed E-state index contributed by atoms with van der Waals surface area (Å²) in [5.74, 6) is 1.00. The Morgan fingerprint density at radius 1 is 1.25 bits per heavy atom. The van der Waals surface area contributed by atoms with Crippen molar-refractivity contribution in [3.63, 3.8) is 0 Å². The molecule has 1 aliphatic carbocycles. The smallest absolute Gasteiger partial charge is 0.302 e. The highest BCUT2D eigenvalue weighted by Gasteiger charge is 2.29. The highest BCUT2D eigenvalue weighted by molar-refractivity contribution is 5.66. The Labute approximate surface area is 121 Å². The lowest BCUT2D eigenvalue weighted by molar-refractivity contribution is -0.148. The quantitative estimate of drug-likeness (QED) is 0.778. The van der Waals surface area contributed by atoms with Crippen molar-refractivity contribution in [2.75, 3.05) is 0 Å². The maximum Gasteiger partial charge on any atom is 0.302 e. The molecule has 1 fully saturated rings. The average molecular weight is 276 g/mol. The number of hydrogen-bond donors (Lipinski definition) is 0. The van der Waals surface area contributed by atoms with E-state index in [4.69, 9.17) is 9.47 Å². The lowest BCUT2D eigenvalue weighted by Gasteiger charge is -2.31. The fraction of sp³-hybridized carbons (Fsp3) is 0.588. The molecule has 3 nitrogen and oxygen atoms in total. The molecule has 1 aromatic carbocycles. The van der Waals surface area contributed by atoms with Crippen molar-refractivity contribution in [2.45, 2.75) is 64.6 Å². The average Bonchev–Trinajstić information content (AvgIpc) is 2.38. The summed E-state index contributed by atoms with van der Waals surface area (Å²) in [6.45, 7) is 5.54. The molecule has 1 aliphatic rings. The molecule has 2 atom stereocenters. The molecule has 0 amide bonds. The molecule has 0 spiro atoms. The Balaban J connectivity index is 2.16. The second-order valence-electron chi connectivity index (χ2n) is 5.78. The molecule has 0 bridgehead atoms. The van der Waals surface area contributed by atoms with Crippen LogP contribution in [0, 0.1) is 0 Å². The summed E-state index contributed by atoms with van der Waals surface area (Å²) in [5, 5.41) is 0. The summed E-state index contributed by atoms with van der Waals surface area (Å²) in [4.78, 5) is 11.3. The maximum atomic E-state index is 11.3. The van der Waals surface area contributed by atoms with Crippen molar-refractivity contribution in [3.05, 3.63) is 29.8 Å². The van der Waals surface area contributed by atoms with Crippen LogP contribution in [0.1, 0.15) is 57.9 Å². The van der Waals surface area contributed by atoms with Gasteiger partial charge in [-0.1, -0.05) is 18.6 Å². The van der Waals surface area contributed by atoms with Gasteiger partial charge in [0.2, 0.25) is 0 Å². The highest BCUT2D eigenvalue weighted by atomic mass is 16.5. The maximum absolute atomic E-state index is 11.3. The fourth-order valence-corrected chi connectivity index (χ4v) is 2.92. The van der Waals surface area contributed by atoms with Gasteiger partial charge in [0.15, 0.2) is 0 Å². The lowest BCUT2D eigenvalue weighted by Crippen LogP contribution is -2.27. The van der Waals surface area contributed by atoms with E-state index in [1.54, 1.807) is 0 Å². The summed E-state index contributed by atoms with van der Waals surface area (Å²) >= 11 is 0. The van der Waals surface area contributed by atoms with Crippen LogP contribution in [-0.2, 0) is 9.53 Å². The second-order valence-corrected chi connectivity index (χ2v) is 5.78. The molecule has 0 aliphatic heterocycles. The lowest BCUT2D eigenvalue weighted by atomic mass is 9.81. The normalized spacial score (nSPS) is 22.6. The van der Waals surface area contributed by atoms with Crippen LogP contribution in [0.5, 0.6) is 5.75 Å². The van der Waals surface area contributed by atoms with Gasteiger partial charge in [-0.05, 0) is 50.8 Å². The summed E-state index contributed by atoms with van der Waals surface area (Å²) in [7, 11) is 0. The van der Waals surface area contributed by atoms with Crippen molar-refractivity contribution < 1.29 is 14.3 Å². The number of esters is 1. The van der Waals surface area contributed by atoms with Crippen molar-refractivity contribution in [1.82, 2.24) is 0 Å². The van der Waals surface area contributed by atoms with Gasteiger partial charge in [-0.3, -0.25) is 4.79 Å². The minimum atomic E-state index is -0.184. The van der Waals surface area contributed by atoms with E-state index in [1.165, 1.54) is 18.9 Å². The molecule has 2 unspecified atom stereocenters. The van der Waals surface area contributed by atoms with Gasteiger partial charge in [0.25, 0.3) is 0 Å². The van der Waals surface area contributed by atoms with E-state index in [1.807, 2.05) is 26.0 Å². The molecule has 1 saturated carbocycles. The third kappa shape index (κ3) is 3.99. The highest BCUT2D eigenvalue weighted by Crippen LogP contribution is 2.36. The van der Waals surface area contributed by atoms with Crippen LogP contribution in [0.4, 0.5) is 0 Å². The largest absolute Gasteiger partial charge is 0.491 e. The molecule has 0 N–H and O–H groups in total. The summed E-state index contributed by atoms with van der Waals surface area (Å²) in [6, 6.07) is 8.20. The predicted octanol–water partition coefficient (Wildman–Crippen LogP) is 4.06. The topological polar surface area (TPSA) is 35.5 Å². The Kier molecular flexibility index (Phi) is 5.05. The van der Waals surface area contributed by atoms with Gasteiger partial charge in [-0.2, -0.15) is 0 Å². The van der Waals surface area contributed by atoms with E-state index in [-0.39, 0.29) is 18.2 Å². The van der Waals surface area contributed by atoms with Crippen LogP contribution >= 0.6 is 0 Å². The Bertz CT molecular complexity index is 453. The zero-order chi connectivity index (χ0) is 14.5. The third-order valence-electron chi connectivity index (χ3n) is 3.68. The number of rotatable bonds is 4. The number of hydrogen-bond acceptors (Lipinski definition) is 3. The Morgan fingerprint density at radius 2 is 2.00 bits per heavy atom. The van der Waals surface area contributed by atoms with Crippen molar-refractivity contribution in [2.24, 2.45) is 0 Å². The molecular formula is C17H24O3. The SMILES string of the molecule is CC(=O)OC1CCCCC1c1cccc(OC(C)C)c1. The first-order chi connectivity index (χ1) is 9.56. The number of carbonyl (C=O) groups excluding carboxylic acids is 1. The summed E-state index contributed by atoms with van der Waals surface area (Å²) < 4.78 is 11.3. The fourth-order valence-electron chi connectivity index (χ4n) is 2.92. The van der Waals surface area contributed by atoms with E-state index in [0.29, 0.717) is 5.92 Å². The van der Waals surface area contributed by atoms with E-state index in [9.17, 15) is 4.79 Å². The molecule has 3 heteroatoms. The zero-order valence-corrected chi connectivity index (χ0v) is 12.6. The van der Waals surface area contributed by atoms with Crippen molar-refractivity contribution >= 4 is 5.97 Å². The first kappa shape index (κ1) is 14.9. The molecular weight excluding hydrogens is 252 g/mol. The van der Waals surface area contributed by atoms with Gasteiger partial charge >= 0.3 is 5.97 Å². The molecule has 0 radical (unpaired) electrons. The zero-order valence-electron chi connectivity index (χ0n) is 12.6. The molecule has 2 rings (SSSR count). The first-order valence-corrected chi connectivity index (χ1v) is 7.50. The van der Waals surface area contributed by atoms with Gasteiger partial charge in [-0.25, -0.2) is 0 Å². The Hall–Kier alpha value is -1.51. The van der Waals surface area contributed by atoms with E-state index >= 15 is 0 Å². The molecule has 110 valence electrons. The van der Waals surface area contributed by atoms with Crippen molar-refractivity contribution in [1.29, 1.82) is 0 Å². The first-order valence-electron chi connectivity index (χ1n) is 7.50. The van der Waals surface area contributed by atoms with Crippen LogP contribution in [0.2, 0.25) is 0 Å². The standard InChI is InChI=1S/C17H24O3/c1-12(2)19-15-8-6-7-14(11-15)16-9-4-5-10-17(16)20-13(3)18/h6-8,11-12,16-17H,4-5,9-10H2,1-3H3. The van der Waals surface area contributed by atoms with Crippen molar-refractivity contribution in [3.8, 4) is 5.75 Å². The summed E-state index contributed by atoms with van der Waals surface area (Å²) in [5.41, 5.74) is 1.22. The van der Waals surface area contributed by atoms with Gasteiger partial charge in [0.05, 0.1) is 6.10 Å². The van der Waals surface area contributed by atoms with Crippen LogP contribution in [0.15, 0.2) is 24.3 Å². The van der Waals surface area contributed by atoms with Crippen LogP contribution < -0.4 is 4.74 Å². The van der Waals surface area contributed by atoms with E-state index < -0.39 is 0 Å². The third-order valence-corrected chi connectivity index (χ3v) is 3.68. The number of carbonyl (C=O) groups is 1. The van der Waals surface area contributed by atoms with Crippen LogP contribution in [0.3, 0.4) is 0 Å².